The summed E-state index contributed by atoms with van der Waals surface area (Å²) < 4.78 is 9.80. The van der Waals surface area contributed by atoms with Crippen LogP contribution in [0.2, 0.25) is 0 Å². The second kappa shape index (κ2) is 9.55. The molecular weight excluding hydrogens is 286 g/mol. The zero-order chi connectivity index (χ0) is 16.4. The predicted octanol–water partition coefficient (Wildman–Crippen LogP) is 1.58. The second-order valence-electron chi connectivity index (χ2n) is 4.42. The molecule has 1 atom stereocenters. The Bertz CT molecular complexity index is 489. The number of anilines is 1. The molecule has 1 rings (SSSR count). The molecule has 0 aromatic heterocycles. The molecule has 0 amide bonds. The number of benzene rings is 1. The van der Waals surface area contributed by atoms with Crippen molar-refractivity contribution in [1.82, 2.24) is 0 Å². The lowest BCUT2D eigenvalue weighted by Gasteiger charge is -2.28. The van der Waals surface area contributed by atoms with Gasteiger partial charge in [-0.2, -0.15) is 0 Å². The quantitative estimate of drug-likeness (QED) is 0.392. The highest BCUT2D eigenvalue weighted by atomic mass is 16.5. The number of esters is 2. The molecule has 0 saturated heterocycles. The maximum atomic E-state index is 11.9. The highest BCUT2D eigenvalue weighted by Crippen LogP contribution is 2.17. The molecule has 1 unspecified atom stereocenters. The molecule has 120 valence electrons. The number of rotatable bonds is 9. The lowest BCUT2D eigenvalue weighted by Crippen LogP contribution is -2.44. The first kappa shape index (κ1) is 17.7. The summed E-state index contributed by atoms with van der Waals surface area (Å²) in [7, 11) is 0. The van der Waals surface area contributed by atoms with Crippen molar-refractivity contribution in [2.24, 2.45) is 0 Å². The average molecular weight is 307 g/mol. The molecule has 0 radical (unpaired) electrons. The number of hydrogen-bond acceptors (Lipinski definition) is 6. The van der Waals surface area contributed by atoms with Gasteiger partial charge in [-0.3, -0.25) is 4.79 Å². The Morgan fingerprint density at radius 2 is 1.77 bits per heavy atom. The zero-order valence-corrected chi connectivity index (χ0v) is 12.9. The first-order chi connectivity index (χ1) is 10.6. The molecule has 6 nitrogen and oxygen atoms in total. The lowest BCUT2D eigenvalue weighted by atomic mass is 10.2. The van der Waals surface area contributed by atoms with E-state index in [0.29, 0.717) is 18.6 Å². The number of hydrogen-bond donors (Lipinski definition) is 0. The van der Waals surface area contributed by atoms with Crippen molar-refractivity contribution in [3.05, 3.63) is 30.3 Å². The van der Waals surface area contributed by atoms with Crippen molar-refractivity contribution in [2.45, 2.75) is 26.3 Å². The van der Waals surface area contributed by atoms with Gasteiger partial charge < -0.3 is 19.2 Å². The van der Waals surface area contributed by atoms with Gasteiger partial charge in [-0.1, -0.05) is 18.2 Å². The van der Waals surface area contributed by atoms with Gasteiger partial charge in [-0.05, 0) is 26.0 Å². The molecule has 6 heteroatoms. The predicted molar refractivity (Wildman–Crippen MR) is 81.5 cm³/mol. The first-order valence-electron chi connectivity index (χ1n) is 7.23. The Hall–Kier alpha value is -2.37. The van der Waals surface area contributed by atoms with Crippen LogP contribution in [0.25, 0.3) is 0 Å². The van der Waals surface area contributed by atoms with Gasteiger partial charge in [0.15, 0.2) is 12.3 Å². The van der Waals surface area contributed by atoms with Gasteiger partial charge in [0.05, 0.1) is 19.6 Å². The molecule has 0 saturated carbocycles. The fraction of sp³-hybridized carbons (Fsp3) is 0.438. The van der Waals surface area contributed by atoms with Crippen molar-refractivity contribution in [2.75, 3.05) is 24.7 Å². The minimum absolute atomic E-state index is 0.0759. The van der Waals surface area contributed by atoms with Crippen LogP contribution in [0, 0.1) is 0 Å². The van der Waals surface area contributed by atoms with Crippen LogP contribution in [-0.2, 0) is 23.9 Å². The van der Waals surface area contributed by atoms with E-state index < -0.39 is 12.0 Å². The van der Waals surface area contributed by atoms with Crippen LogP contribution in [0.15, 0.2) is 30.3 Å². The minimum Gasteiger partial charge on any atom is -0.466 e. The number of nitrogens with zero attached hydrogens (tertiary/aromatic N) is 1. The average Bonchev–Trinajstić information content (AvgIpc) is 2.52. The molecule has 0 spiro atoms. The molecule has 1 aromatic rings. The van der Waals surface area contributed by atoms with Crippen LogP contribution in [-0.4, -0.2) is 44.0 Å². The molecular formula is C16H21NO5. The number of para-hydroxylation sites is 1. The van der Waals surface area contributed by atoms with Gasteiger partial charge >= 0.3 is 11.9 Å². The molecule has 0 heterocycles. The summed E-state index contributed by atoms with van der Waals surface area (Å²) in [6, 6.07) is 7.85. The van der Waals surface area contributed by atoms with E-state index >= 15 is 0 Å². The molecule has 0 aliphatic rings. The Kier molecular flexibility index (Phi) is 7.67. The van der Waals surface area contributed by atoms with E-state index in [1.807, 2.05) is 6.07 Å². The van der Waals surface area contributed by atoms with Crippen molar-refractivity contribution < 1.29 is 23.9 Å². The molecule has 0 fully saturated rings. The van der Waals surface area contributed by atoms with Crippen LogP contribution < -0.4 is 4.90 Å². The Labute approximate surface area is 130 Å². The summed E-state index contributed by atoms with van der Waals surface area (Å²) in [5.41, 5.74) is 0.664. The lowest BCUT2D eigenvalue weighted by molar-refractivity contribution is -0.147. The van der Waals surface area contributed by atoms with Crippen molar-refractivity contribution in [3.63, 3.8) is 0 Å². The topological polar surface area (TPSA) is 72.9 Å². The maximum Gasteiger partial charge on any atom is 0.336 e. The summed E-state index contributed by atoms with van der Waals surface area (Å²) >= 11 is 0. The standard InChI is InChI=1S/C16H21NO5/c1-3-21-15(19)10-11-17(13-8-6-5-7-9-13)14(12-18)16(20)22-4-2/h5-9,12,14H,3-4,10-11H2,1-2H3. The third kappa shape index (κ3) is 5.20. The van der Waals surface area contributed by atoms with Gasteiger partial charge in [0.2, 0.25) is 0 Å². The number of aldehydes is 1. The molecule has 0 aliphatic carbocycles. The van der Waals surface area contributed by atoms with E-state index in [-0.39, 0.29) is 25.5 Å². The Morgan fingerprint density at radius 3 is 2.32 bits per heavy atom. The molecule has 1 aromatic carbocycles. The van der Waals surface area contributed by atoms with Gasteiger partial charge in [-0.25, -0.2) is 4.79 Å². The number of carbonyl (C=O) groups excluding carboxylic acids is 3. The third-order valence-corrected chi connectivity index (χ3v) is 2.94. The van der Waals surface area contributed by atoms with Crippen LogP contribution >= 0.6 is 0 Å². The largest absolute Gasteiger partial charge is 0.466 e. The van der Waals surface area contributed by atoms with Crippen molar-refractivity contribution >= 4 is 23.9 Å². The van der Waals surface area contributed by atoms with E-state index in [1.165, 1.54) is 0 Å². The van der Waals surface area contributed by atoms with Crippen LogP contribution in [0.3, 0.4) is 0 Å². The molecule has 0 aliphatic heterocycles. The van der Waals surface area contributed by atoms with E-state index in [1.54, 1.807) is 43.0 Å². The minimum atomic E-state index is -1.09. The van der Waals surface area contributed by atoms with Gasteiger partial charge in [0.1, 0.15) is 0 Å². The molecule has 22 heavy (non-hydrogen) atoms. The van der Waals surface area contributed by atoms with E-state index in [9.17, 15) is 14.4 Å². The molecule has 0 N–H and O–H groups in total. The number of carbonyl (C=O) groups is 3. The van der Waals surface area contributed by atoms with Crippen LogP contribution in [0.1, 0.15) is 20.3 Å². The zero-order valence-electron chi connectivity index (χ0n) is 12.9. The SMILES string of the molecule is CCOC(=O)CCN(c1ccccc1)C(C=O)C(=O)OCC. The van der Waals surface area contributed by atoms with E-state index in [2.05, 4.69) is 0 Å². The first-order valence-corrected chi connectivity index (χ1v) is 7.23. The number of ether oxygens (including phenoxy) is 2. The highest BCUT2D eigenvalue weighted by Gasteiger charge is 2.27. The maximum absolute atomic E-state index is 11.9. The molecule has 0 bridgehead atoms. The summed E-state index contributed by atoms with van der Waals surface area (Å²) in [6.07, 6.45) is 0.600. The van der Waals surface area contributed by atoms with Crippen LogP contribution in [0.4, 0.5) is 5.69 Å². The monoisotopic (exact) mass is 307 g/mol. The van der Waals surface area contributed by atoms with E-state index in [4.69, 9.17) is 9.47 Å². The van der Waals surface area contributed by atoms with Gasteiger partial charge in [-0.15, -0.1) is 0 Å². The normalized spacial score (nSPS) is 11.4. The van der Waals surface area contributed by atoms with E-state index in [0.717, 1.165) is 0 Å². The Morgan fingerprint density at radius 1 is 1.14 bits per heavy atom. The summed E-state index contributed by atoms with van der Waals surface area (Å²) in [5, 5.41) is 0. The van der Waals surface area contributed by atoms with Gasteiger partial charge in [0.25, 0.3) is 0 Å². The van der Waals surface area contributed by atoms with Crippen molar-refractivity contribution in [3.8, 4) is 0 Å². The highest BCUT2D eigenvalue weighted by molar-refractivity contribution is 5.96. The fourth-order valence-corrected chi connectivity index (χ4v) is 1.98. The summed E-state index contributed by atoms with van der Waals surface area (Å²) in [5.74, 6) is -1.01. The second-order valence-corrected chi connectivity index (χ2v) is 4.42. The summed E-state index contributed by atoms with van der Waals surface area (Å²) in [4.78, 5) is 36.4. The summed E-state index contributed by atoms with van der Waals surface area (Å²) in [6.45, 7) is 4.05. The van der Waals surface area contributed by atoms with Crippen molar-refractivity contribution in [1.29, 1.82) is 0 Å². The Balaban J connectivity index is 2.92. The fourth-order valence-electron chi connectivity index (χ4n) is 1.98. The van der Waals surface area contributed by atoms with Crippen LogP contribution in [0.5, 0.6) is 0 Å². The van der Waals surface area contributed by atoms with Gasteiger partial charge in [0, 0.05) is 12.2 Å². The third-order valence-electron chi connectivity index (χ3n) is 2.94. The smallest absolute Gasteiger partial charge is 0.336 e.